The second kappa shape index (κ2) is 4.60. The van der Waals surface area contributed by atoms with Crippen molar-refractivity contribution in [2.24, 2.45) is 0 Å². The Bertz CT molecular complexity index is 776. The normalized spacial score (nSPS) is 16.8. The lowest BCUT2D eigenvalue weighted by molar-refractivity contribution is 0.635. The molecular weight excluding hydrogens is 264 g/mol. The molecule has 1 aliphatic rings. The summed E-state index contributed by atoms with van der Waals surface area (Å²) in [7, 11) is 0. The number of anilines is 1. The summed E-state index contributed by atoms with van der Waals surface area (Å²) in [5.41, 5.74) is 5.37. The summed E-state index contributed by atoms with van der Waals surface area (Å²) in [5, 5.41) is 4.54. The van der Waals surface area contributed by atoms with Gasteiger partial charge < -0.3 is 5.32 Å². The van der Waals surface area contributed by atoms with E-state index in [9.17, 15) is 0 Å². The van der Waals surface area contributed by atoms with Crippen LogP contribution in [-0.4, -0.2) is 11.5 Å². The average Bonchev–Trinajstić information content (AvgIpc) is 2.81. The molecule has 0 saturated carbocycles. The first-order valence-electron chi connectivity index (χ1n) is 6.98. The van der Waals surface area contributed by atoms with Gasteiger partial charge in [0.25, 0.3) is 0 Å². The Labute approximate surface area is 122 Å². The van der Waals surface area contributed by atoms with Crippen LogP contribution in [0.4, 0.5) is 5.13 Å². The minimum absolute atomic E-state index is 0.639. The first-order valence-corrected chi connectivity index (χ1v) is 7.80. The summed E-state index contributed by atoms with van der Waals surface area (Å²) in [4.78, 5) is 4.67. The molecule has 2 nitrogen and oxygen atoms in total. The molecule has 0 fully saturated rings. The van der Waals surface area contributed by atoms with Crippen molar-refractivity contribution in [2.45, 2.75) is 19.3 Å². The van der Waals surface area contributed by atoms with E-state index in [4.69, 9.17) is 0 Å². The molecule has 20 heavy (non-hydrogen) atoms. The largest absolute Gasteiger partial charge is 0.361 e. The molecule has 4 rings (SSSR count). The van der Waals surface area contributed by atoms with Crippen molar-refractivity contribution in [3.8, 4) is 0 Å². The molecular formula is C17H16N2S. The quantitative estimate of drug-likeness (QED) is 0.771. The zero-order chi connectivity index (χ0) is 13.5. The van der Waals surface area contributed by atoms with Crippen LogP contribution in [0.25, 0.3) is 10.2 Å². The van der Waals surface area contributed by atoms with Gasteiger partial charge in [-0.2, -0.15) is 0 Å². The zero-order valence-corrected chi connectivity index (χ0v) is 12.2. The van der Waals surface area contributed by atoms with E-state index < -0.39 is 0 Å². The van der Waals surface area contributed by atoms with Gasteiger partial charge in [-0.25, -0.2) is 4.98 Å². The SMILES string of the molecule is Cc1ccc2sc(NCC3Cc4ccccc43)nc2c1. The molecule has 0 saturated heterocycles. The number of benzene rings is 2. The van der Waals surface area contributed by atoms with Crippen LogP contribution in [0.3, 0.4) is 0 Å². The molecule has 1 aliphatic carbocycles. The third-order valence-electron chi connectivity index (χ3n) is 4.00. The highest BCUT2D eigenvalue weighted by Crippen LogP contribution is 2.35. The van der Waals surface area contributed by atoms with Crippen LogP contribution in [0.5, 0.6) is 0 Å². The van der Waals surface area contributed by atoms with Gasteiger partial charge >= 0.3 is 0 Å². The lowest BCUT2D eigenvalue weighted by Crippen LogP contribution is -2.24. The van der Waals surface area contributed by atoms with Gasteiger partial charge in [0, 0.05) is 12.5 Å². The van der Waals surface area contributed by atoms with Crippen molar-refractivity contribution < 1.29 is 0 Å². The van der Waals surface area contributed by atoms with E-state index in [-0.39, 0.29) is 0 Å². The molecule has 1 aromatic heterocycles. The summed E-state index contributed by atoms with van der Waals surface area (Å²) in [5.74, 6) is 0.639. The smallest absolute Gasteiger partial charge is 0.183 e. The third kappa shape index (κ3) is 1.98. The Hall–Kier alpha value is -1.87. The maximum Gasteiger partial charge on any atom is 0.183 e. The number of thiazole rings is 1. The first kappa shape index (κ1) is 11.9. The maximum absolute atomic E-state index is 4.67. The Kier molecular flexibility index (Phi) is 2.74. The van der Waals surface area contributed by atoms with Crippen LogP contribution in [0.2, 0.25) is 0 Å². The fraction of sp³-hybridized carbons (Fsp3) is 0.235. The predicted molar refractivity (Wildman–Crippen MR) is 85.7 cm³/mol. The van der Waals surface area contributed by atoms with Gasteiger partial charge in [0.05, 0.1) is 10.2 Å². The zero-order valence-electron chi connectivity index (χ0n) is 11.4. The van der Waals surface area contributed by atoms with Crippen molar-refractivity contribution in [1.82, 2.24) is 4.98 Å². The van der Waals surface area contributed by atoms with Crippen LogP contribution >= 0.6 is 11.3 Å². The number of nitrogens with one attached hydrogen (secondary N) is 1. The number of aromatic nitrogens is 1. The summed E-state index contributed by atoms with van der Waals surface area (Å²) < 4.78 is 1.26. The van der Waals surface area contributed by atoms with Gasteiger partial charge in [-0.1, -0.05) is 41.7 Å². The molecule has 0 aliphatic heterocycles. The van der Waals surface area contributed by atoms with Crippen LogP contribution in [0.1, 0.15) is 22.6 Å². The predicted octanol–water partition coefficient (Wildman–Crippen LogP) is 4.36. The first-order chi connectivity index (χ1) is 9.79. The van der Waals surface area contributed by atoms with E-state index in [0.717, 1.165) is 17.2 Å². The van der Waals surface area contributed by atoms with E-state index in [1.54, 1.807) is 11.3 Å². The monoisotopic (exact) mass is 280 g/mol. The van der Waals surface area contributed by atoms with Crippen molar-refractivity contribution in [3.05, 3.63) is 59.2 Å². The number of aryl methyl sites for hydroxylation is 1. The fourth-order valence-corrected chi connectivity index (χ4v) is 3.72. The summed E-state index contributed by atoms with van der Waals surface area (Å²) >= 11 is 1.74. The summed E-state index contributed by atoms with van der Waals surface area (Å²) in [6.07, 6.45) is 1.19. The van der Waals surface area contributed by atoms with E-state index in [1.165, 1.54) is 27.8 Å². The molecule has 0 amide bonds. The Morgan fingerprint density at radius 3 is 3.05 bits per heavy atom. The van der Waals surface area contributed by atoms with Crippen molar-refractivity contribution in [3.63, 3.8) is 0 Å². The third-order valence-corrected chi connectivity index (χ3v) is 5.00. The molecule has 0 spiro atoms. The Morgan fingerprint density at radius 1 is 1.25 bits per heavy atom. The van der Waals surface area contributed by atoms with E-state index >= 15 is 0 Å². The second-order valence-electron chi connectivity index (χ2n) is 5.47. The van der Waals surface area contributed by atoms with E-state index in [1.807, 2.05) is 0 Å². The van der Waals surface area contributed by atoms with Gasteiger partial charge in [0.1, 0.15) is 0 Å². The minimum atomic E-state index is 0.639. The van der Waals surface area contributed by atoms with Crippen LogP contribution in [0, 0.1) is 6.92 Å². The van der Waals surface area contributed by atoms with Gasteiger partial charge in [0.15, 0.2) is 5.13 Å². The van der Waals surface area contributed by atoms with Crippen molar-refractivity contribution in [1.29, 1.82) is 0 Å². The molecule has 0 radical (unpaired) electrons. The molecule has 3 aromatic rings. The second-order valence-corrected chi connectivity index (χ2v) is 6.50. The van der Waals surface area contributed by atoms with E-state index in [0.29, 0.717) is 5.92 Å². The molecule has 1 N–H and O–H groups in total. The van der Waals surface area contributed by atoms with Crippen molar-refractivity contribution in [2.75, 3.05) is 11.9 Å². The topological polar surface area (TPSA) is 24.9 Å². The van der Waals surface area contributed by atoms with Crippen molar-refractivity contribution >= 4 is 26.7 Å². The van der Waals surface area contributed by atoms with E-state index in [2.05, 4.69) is 59.7 Å². The van der Waals surface area contributed by atoms with Gasteiger partial charge in [0.2, 0.25) is 0 Å². The van der Waals surface area contributed by atoms with Crippen LogP contribution in [0.15, 0.2) is 42.5 Å². The molecule has 1 atom stereocenters. The highest BCUT2D eigenvalue weighted by atomic mass is 32.1. The number of nitrogens with zero attached hydrogens (tertiary/aromatic N) is 1. The number of hydrogen-bond donors (Lipinski definition) is 1. The standard InChI is InChI=1S/C17H16N2S/c1-11-6-7-16-15(8-11)19-17(20-16)18-10-13-9-12-4-2-3-5-14(12)13/h2-8,13H,9-10H2,1H3,(H,18,19). The molecule has 100 valence electrons. The fourth-order valence-electron chi connectivity index (χ4n) is 2.87. The lowest BCUT2D eigenvalue weighted by atomic mass is 9.78. The highest BCUT2D eigenvalue weighted by molar-refractivity contribution is 7.22. The average molecular weight is 280 g/mol. The van der Waals surface area contributed by atoms with Gasteiger partial charge in [-0.05, 0) is 42.2 Å². The summed E-state index contributed by atoms with van der Waals surface area (Å²) in [6, 6.07) is 15.2. The minimum Gasteiger partial charge on any atom is -0.361 e. The highest BCUT2D eigenvalue weighted by Gasteiger charge is 2.25. The molecule has 0 bridgehead atoms. The van der Waals surface area contributed by atoms with Crippen LogP contribution < -0.4 is 5.32 Å². The molecule has 2 aromatic carbocycles. The van der Waals surface area contributed by atoms with Crippen LogP contribution in [-0.2, 0) is 6.42 Å². The molecule has 3 heteroatoms. The molecule has 1 heterocycles. The number of rotatable bonds is 3. The Balaban J connectivity index is 1.49. The lowest BCUT2D eigenvalue weighted by Gasteiger charge is -2.30. The number of hydrogen-bond acceptors (Lipinski definition) is 3. The Morgan fingerprint density at radius 2 is 2.15 bits per heavy atom. The maximum atomic E-state index is 4.67. The van der Waals surface area contributed by atoms with Gasteiger partial charge in [-0.15, -0.1) is 0 Å². The molecule has 1 unspecified atom stereocenters. The summed E-state index contributed by atoms with van der Waals surface area (Å²) in [6.45, 7) is 3.09. The van der Waals surface area contributed by atoms with Gasteiger partial charge in [-0.3, -0.25) is 0 Å². The number of fused-ring (bicyclic) bond motifs is 2.